The van der Waals surface area contributed by atoms with Crippen molar-refractivity contribution < 1.29 is 9.90 Å². The van der Waals surface area contributed by atoms with Crippen LogP contribution in [0, 0.1) is 0 Å². The van der Waals surface area contributed by atoms with Crippen molar-refractivity contribution in [2.24, 2.45) is 0 Å². The number of aromatic carboxylic acids is 1. The number of rotatable bonds is 3. The SMILES string of the molecule is O=C(O)c1ccn(Cc2csc3ccccc23)c(=O)c1. The van der Waals surface area contributed by atoms with Gasteiger partial charge in [0, 0.05) is 17.0 Å². The summed E-state index contributed by atoms with van der Waals surface area (Å²) in [5.41, 5.74) is 0.775. The molecule has 0 unspecified atom stereocenters. The molecule has 2 aromatic heterocycles. The maximum Gasteiger partial charge on any atom is 0.335 e. The number of fused-ring (bicyclic) bond motifs is 1. The maximum atomic E-state index is 11.9. The van der Waals surface area contributed by atoms with E-state index in [1.54, 1.807) is 11.3 Å². The zero-order chi connectivity index (χ0) is 14.1. The highest BCUT2D eigenvalue weighted by Gasteiger charge is 2.08. The Kier molecular flexibility index (Phi) is 3.12. The van der Waals surface area contributed by atoms with Crippen LogP contribution in [0.25, 0.3) is 10.1 Å². The number of carboxylic acid groups (broad SMARTS) is 1. The molecule has 1 aromatic carbocycles. The van der Waals surface area contributed by atoms with E-state index >= 15 is 0 Å². The summed E-state index contributed by atoms with van der Waals surface area (Å²) in [6, 6.07) is 10.6. The summed E-state index contributed by atoms with van der Waals surface area (Å²) in [4.78, 5) is 22.7. The van der Waals surface area contributed by atoms with Crippen molar-refractivity contribution in [2.75, 3.05) is 0 Å². The zero-order valence-corrected chi connectivity index (χ0v) is 11.3. The topological polar surface area (TPSA) is 59.3 Å². The van der Waals surface area contributed by atoms with Gasteiger partial charge in [-0.15, -0.1) is 11.3 Å². The number of carbonyl (C=O) groups is 1. The first-order valence-electron chi connectivity index (χ1n) is 6.04. The fourth-order valence-corrected chi connectivity index (χ4v) is 3.06. The summed E-state index contributed by atoms with van der Waals surface area (Å²) >= 11 is 1.64. The average Bonchev–Trinajstić information content (AvgIpc) is 2.84. The second-order valence-corrected chi connectivity index (χ2v) is 5.36. The van der Waals surface area contributed by atoms with Crippen molar-refractivity contribution in [3.63, 3.8) is 0 Å². The number of benzene rings is 1. The third-order valence-corrected chi connectivity index (χ3v) is 4.16. The summed E-state index contributed by atoms with van der Waals surface area (Å²) in [6.07, 6.45) is 1.53. The number of aromatic nitrogens is 1. The lowest BCUT2D eigenvalue weighted by molar-refractivity contribution is 0.0696. The summed E-state index contributed by atoms with van der Waals surface area (Å²) in [5.74, 6) is -1.09. The van der Waals surface area contributed by atoms with Gasteiger partial charge in [0.15, 0.2) is 0 Å². The van der Waals surface area contributed by atoms with Gasteiger partial charge in [-0.2, -0.15) is 0 Å². The molecule has 0 aliphatic rings. The van der Waals surface area contributed by atoms with Gasteiger partial charge in [-0.05, 0) is 28.5 Å². The number of hydrogen-bond acceptors (Lipinski definition) is 3. The van der Waals surface area contributed by atoms with E-state index in [1.807, 2.05) is 29.6 Å². The third-order valence-electron chi connectivity index (χ3n) is 3.14. The molecule has 0 saturated heterocycles. The molecule has 3 aromatic rings. The van der Waals surface area contributed by atoms with Crippen molar-refractivity contribution in [3.05, 3.63) is 69.5 Å². The van der Waals surface area contributed by atoms with Crippen LogP contribution in [0.15, 0.2) is 52.8 Å². The van der Waals surface area contributed by atoms with E-state index < -0.39 is 5.97 Å². The molecule has 0 bridgehead atoms. The molecular formula is C15H11NO3S. The summed E-state index contributed by atoms with van der Waals surface area (Å²) in [7, 11) is 0. The van der Waals surface area contributed by atoms with Crippen molar-refractivity contribution >= 4 is 27.4 Å². The molecule has 4 nitrogen and oxygen atoms in total. The number of pyridine rings is 1. The molecule has 0 spiro atoms. The molecule has 0 atom stereocenters. The highest BCUT2D eigenvalue weighted by Crippen LogP contribution is 2.25. The predicted octanol–water partition coefficient (Wildman–Crippen LogP) is 2.81. The Bertz CT molecular complexity index is 847. The Balaban J connectivity index is 1.99. The molecule has 0 aliphatic heterocycles. The van der Waals surface area contributed by atoms with E-state index in [4.69, 9.17) is 5.11 Å². The number of hydrogen-bond donors (Lipinski definition) is 1. The van der Waals surface area contributed by atoms with Gasteiger partial charge >= 0.3 is 5.97 Å². The lowest BCUT2D eigenvalue weighted by Crippen LogP contribution is -2.20. The van der Waals surface area contributed by atoms with Crippen molar-refractivity contribution in [1.29, 1.82) is 0 Å². The zero-order valence-electron chi connectivity index (χ0n) is 10.4. The van der Waals surface area contributed by atoms with E-state index in [0.29, 0.717) is 6.54 Å². The van der Waals surface area contributed by atoms with Gasteiger partial charge in [0.25, 0.3) is 5.56 Å². The van der Waals surface area contributed by atoms with Crippen molar-refractivity contribution in [2.45, 2.75) is 6.54 Å². The number of nitrogens with zero attached hydrogens (tertiary/aromatic N) is 1. The summed E-state index contributed by atoms with van der Waals surface area (Å²) in [6.45, 7) is 0.447. The second kappa shape index (κ2) is 4.94. The third kappa shape index (κ3) is 2.23. The van der Waals surface area contributed by atoms with Gasteiger partial charge in [-0.1, -0.05) is 18.2 Å². The van der Waals surface area contributed by atoms with Gasteiger partial charge in [0.1, 0.15) is 0 Å². The normalized spacial score (nSPS) is 10.8. The first-order valence-corrected chi connectivity index (χ1v) is 6.92. The standard InChI is InChI=1S/C15H11NO3S/c17-14-7-10(15(18)19)5-6-16(14)8-11-9-20-13-4-2-1-3-12(11)13/h1-7,9H,8H2,(H,18,19). The molecule has 0 fully saturated rings. The molecule has 100 valence electrons. The van der Waals surface area contributed by atoms with Crippen LogP contribution in [0.3, 0.4) is 0 Å². The molecular weight excluding hydrogens is 274 g/mol. The summed E-state index contributed by atoms with van der Waals surface area (Å²) in [5, 5.41) is 12.0. The van der Waals surface area contributed by atoms with Crippen LogP contribution in [0.1, 0.15) is 15.9 Å². The van der Waals surface area contributed by atoms with Gasteiger partial charge < -0.3 is 9.67 Å². The van der Waals surface area contributed by atoms with Crippen LogP contribution < -0.4 is 5.56 Å². The Hall–Kier alpha value is -2.40. The predicted molar refractivity (Wildman–Crippen MR) is 78.6 cm³/mol. The van der Waals surface area contributed by atoms with Crippen LogP contribution >= 0.6 is 11.3 Å². The van der Waals surface area contributed by atoms with E-state index in [9.17, 15) is 9.59 Å². The number of carboxylic acids is 1. The van der Waals surface area contributed by atoms with Crippen LogP contribution in [0.2, 0.25) is 0 Å². The largest absolute Gasteiger partial charge is 0.478 e. The lowest BCUT2D eigenvalue weighted by Gasteiger charge is -2.05. The fourth-order valence-electron chi connectivity index (χ4n) is 2.11. The van der Waals surface area contributed by atoms with Crippen LogP contribution in [-0.4, -0.2) is 15.6 Å². The first kappa shape index (κ1) is 12.6. The molecule has 5 heteroatoms. The van der Waals surface area contributed by atoms with Crippen molar-refractivity contribution in [3.8, 4) is 0 Å². The van der Waals surface area contributed by atoms with Gasteiger partial charge in [-0.25, -0.2) is 4.79 Å². The molecule has 0 radical (unpaired) electrons. The van der Waals surface area contributed by atoms with Gasteiger partial charge in [0.2, 0.25) is 0 Å². The molecule has 0 saturated carbocycles. The smallest absolute Gasteiger partial charge is 0.335 e. The quantitative estimate of drug-likeness (QED) is 0.805. The highest BCUT2D eigenvalue weighted by molar-refractivity contribution is 7.17. The Morgan fingerprint density at radius 3 is 2.80 bits per heavy atom. The lowest BCUT2D eigenvalue weighted by atomic mass is 10.2. The molecule has 2 heterocycles. The fraction of sp³-hybridized carbons (Fsp3) is 0.0667. The first-order chi connectivity index (χ1) is 9.65. The molecule has 20 heavy (non-hydrogen) atoms. The van der Waals surface area contributed by atoms with E-state index in [-0.39, 0.29) is 11.1 Å². The molecule has 0 amide bonds. The van der Waals surface area contributed by atoms with E-state index in [2.05, 4.69) is 0 Å². The van der Waals surface area contributed by atoms with Gasteiger partial charge in [-0.3, -0.25) is 4.79 Å². The molecule has 0 aliphatic carbocycles. The Morgan fingerprint density at radius 1 is 1.25 bits per heavy atom. The van der Waals surface area contributed by atoms with Gasteiger partial charge in [0.05, 0.1) is 12.1 Å². The highest BCUT2D eigenvalue weighted by atomic mass is 32.1. The Labute approximate surface area is 118 Å². The summed E-state index contributed by atoms with van der Waals surface area (Å²) < 4.78 is 2.69. The monoisotopic (exact) mass is 285 g/mol. The van der Waals surface area contributed by atoms with E-state index in [1.165, 1.54) is 21.5 Å². The van der Waals surface area contributed by atoms with Crippen LogP contribution in [0.5, 0.6) is 0 Å². The number of thiophene rings is 1. The average molecular weight is 285 g/mol. The molecule has 3 rings (SSSR count). The minimum atomic E-state index is -1.09. The minimum Gasteiger partial charge on any atom is -0.478 e. The van der Waals surface area contributed by atoms with Crippen LogP contribution in [0.4, 0.5) is 0 Å². The van der Waals surface area contributed by atoms with Crippen molar-refractivity contribution in [1.82, 2.24) is 4.57 Å². The van der Waals surface area contributed by atoms with Crippen LogP contribution in [-0.2, 0) is 6.54 Å². The molecule has 1 N–H and O–H groups in total. The maximum absolute atomic E-state index is 11.9. The van der Waals surface area contributed by atoms with E-state index in [0.717, 1.165) is 17.0 Å². The minimum absolute atomic E-state index is 0.0152. The Morgan fingerprint density at radius 2 is 2.05 bits per heavy atom. The second-order valence-electron chi connectivity index (χ2n) is 4.44.